The Morgan fingerprint density at radius 3 is 1.91 bits per heavy atom. The molecule has 0 bridgehead atoms. The smallest absolute Gasteiger partial charge is 0.422 e. The maximum Gasteiger partial charge on any atom is 0.422 e. The number of carbonyl (C=O) groups excluding carboxylic acids is 2. The molecule has 0 fully saturated rings. The van der Waals surface area contributed by atoms with Gasteiger partial charge in [0.05, 0.1) is 5.56 Å². The van der Waals surface area contributed by atoms with Gasteiger partial charge in [0.2, 0.25) is 0 Å². The first-order valence-electron chi connectivity index (χ1n) is 9.09. The lowest BCUT2D eigenvalue weighted by Gasteiger charge is -2.15. The van der Waals surface area contributed by atoms with Crippen LogP contribution in [0.2, 0.25) is 0 Å². The van der Waals surface area contributed by atoms with Crippen LogP contribution >= 0.6 is 0 Å². The van der Waals surface area contributed by atoms with E-state index in [2.05, 4.69) is 20.1 Å². The van der Waals surface area contributed by atoms with Gasteiger partial charge in [-0.05, 0) is 30.3 Å². The number of carbonyl (C=O) groups is 2. The average Bonchev–Trinajstić information content (AvgIpc) is 2.73. The minimum atomic E-state index is -4.69. The maximum absolute atomic E-state index is 12.5. The Labute approximate surface area is 178 Å². The number of halogens is 6. The van der Waals surface area contributed by atoms with Crippen LogP contribution in [0.1, 0.15) is 20.7 Å². The van der Waals surface area contributed by atoms with Crippen molar-refractivity contribution in [2.24, 2.45) is 0 Å². The molecule has 32 heavy (non-hydrogen) atoms. The Morgan fingerprint density at radius 1 is 0.750 bits per heavy atom. The van der Waals surface area contributed by atoms with E-state index in [1.807, 2.05) is 0 Å². The zero-order chi connectivity index (χ0) is 23.8. The van der Waals surface area contributed by atoms with Crippen LogP contribution in [0.5, 0.6) is 11.5 Å². The van der Waals surface area contributed by atoms with E-state index in [9.17, 15) is 35.9 Å². The van der Waals surface area contributed by atoms with Crippen LogP contribution in [0.4, 0.5) is 26.3 Å². The molecule has 2 N–H and O–H groups in total. The van der Waals surface area contributed by atoms with Crippen LogP contribution in [0, 0.1) is 0 Å². The second kappa shape index (κ2) is 10.7. The molecule has 2 amide bonds. The normalized spacial score (nSPS) is 11.6. The third-order valence-electron chi connectivity index (χ3n) is 3.72. The van der Waals surface area contributed by atoms with Gasteiger partial charge in [-0.1, -0.05) is 18.2 Å². The fourth-order valence-corrected chi connectivity index (χ4v) is 2.37. The van der Waals surface area contributed by atoms with Crippen LogP contribution in [0.25, 0.3) is 0 Å². The molecular formula is C20H18F6N2O4. The standard InChI is InChI=1S/C20H18F6N2O4/c21-19(22,23)11-31-14-6-7-16(32-12-20(24,25)26)15(10-14)18(30)28-9-8-27-17(29)13-4-2-1-3-5-13/h1-7,10H,8-9,11-12H2,(H,27,29)(H,28,30). The highest BCUT2D eigenvalue weighted by Gasteiger charge is 2.30. The summed E-state index contributed by atoms with van der Waals surface area (Å²) >= 11 is 0. The lowest BCUT2D eigenvalue weighted by molar-refractivity contribution is -0.154. The molecule has 12 heteroatoms. The van der Waals surface area contributed by atoms with E-state index < -0.39 is 48.7 Å². The molecule has 2 aromatic rings. The number of amides is 2. The molecule has 0 aliphatic heterocycles. The van der Waals surface area contributed by atoms with Crippen molar-refractivity contribution >= 4 is 11.8 Å². The molecule has 0 spiro atoms. The summed E-state index contributed by atoms with van der Waals surface area (Å²) < 4.78 is 83.5. The van der Waals surface area contributed by atoms with Crippen molar-refractivity contribution in [2.75, 3.05) is 26.3 Å². The van der Waals surface area contributed by atoms with Crippen molar-refractivity contribution in [2.45, 2.75) is 12.4 Å². The molecule has 2 aromatic carbocycles. The first kappa shape index (κ1) is 24.8. The number of hydrogen-bond acceptors (Lipinski definition) is 4. The Kier molecular flexibility index (Phi) is 8.33. The average molecular weight is 464 g/mol. The summed E-state index contributed by atoms with van der Waals surface area (Å²) in [7, 11) is 0. The van der Waals surface area contributed by atoms with Crippen molar-refractivity contribution < 1.29 is 45.4 Å². The molecule has 0 aliphatic rings. The molecular weight excluding hydrogens is 446 g/mol. The van der Waals surface area contributed by atoms with Crippen LogP contribution in [0.15, 0.2) is 48.5 Å². The van der Waals surface area contributed by atoms with Gasteiger partial charge >= 0.3 is 12.4 Å². The molecule has 0 saturated heterocycles. The minimum Gasteiger partial charge on any atom is -0.484 e. The molecule has 0 saturated carbocycles. The third kappa shape index (κ3) is 8.74. The van der Waals surface area contributed by atoms with Gasteiger partial charge < -0.3 is 20.1 Å². The minimum absolute atomic E-state index is 0.0114. The number of nitrogens with one attached hydrogen (secondary N) is 2. The molecule has 174 valence electrons. The van der Waals surface area contributed by atoms with E-state index in [0.717, 1.165) is 18.2 Å². The molecule has 0 aromatic heterocycles. The van der Waals surface area contributed by atoms with Gasteiger partial charge in [-0.3, -0.25) is 9.59 Å². The van der Waals surface area contributed by atoms with Gasteiger partial charge in [-0.2, -0.15) is 26.3 Å². The zero-order valence-electron chi connectivity index (χ0n) is 16.3. The van der Waals surface area contributed by atoms with Gasteiger partial charge in [0, 0.05) is 18.7 Å². The predicted octanol–water partition coefficient (Wildman–Crippen LogP) is 3.73. The van der Waals surface area contributed by atoms with E-state index in [1.165, 1.54) is 0 Å². The lowest BCUT2D eigenvalue weighted by atomic mass is 10.1. The van der Waals surface area contributed by atoms with E-state index >= 15 is 0 Å². The van der Waals surface area contributed by atoms with Gasteiger partial charge in [-0.15, -0.1) is 0 Å². The molecule has 0 radical (unpaired) electrons. The van der Waals surface area contributed by atoms with E-state index in [4.69, 9.17) is 0 Å². The van der Waals surface area contributed by atoms with Crippen molar-refractivity contribution in [3.8, 4) is 11.5 Å². The fraction of sp³-hybridized carbons (Fsp3) is 0.300. The second-order valence-corrected chi connectivity index (χ2v) is 6.34. The van der Waals surface area contributed by atoms with Crippen molar-refractivity contribution in [1.29, 1.82) is 0 Å². The van der Waals surface area contributed by atoms with Crippen LogP contribution < -0.4 is 20.1 Å². The predicted molar refractivity (Wildman–Crippen MR) is 101 cm³/mol. The largest absolute Gasteiger partial charge is 0.484 e. The molecule has 0 aliphatic carbocycles. The van der Waals surface area contributed by atoms with Crippen LogP contribution in [-0.2, 0) is 0 Å². The van der Waals surface area contributed by atoms with Crippen LogP contribution in [0.3, 0.4) is 0 Å². The summed E-state index contributed by atoms with van der Waals surface area (Å²) in [4.78, 5) is 24.3. The summed E-state index contributed by atoms with van der Waals surface area (Å²) in [6.45, 7) is -3.47. The number of benzene rings is 2. The molecule has 6 nitrogen and oxygen atoms in total. The molecule has 0 unspecified atom stereocenters. The SMILES string of the molecule is O=C(NCCNC(=O)c1cc(OCC(F)(F)F)ccc1OCC(F)(F)F)c1ccccc1. The van der Waals surface area contributed by atoms with Crippen molar-refractivity contribution in [3.63, 3.8) is 0 Å². The quantitative estimate of drug-likeness (QED) is 0.438. The fourth-order valence-electron chi connectivity index (χ4n) is 2.37. The maximum atomic E-state index is 12.5. The van der Waals surface area contributed by atoms with E-state index in [1.54, 1.807) is 30.3 Å². The monoisotopic (exact) mass is 464 g/mol. The Balaban J connectivity index is 2.02. The summed E-state index contributed by atoms with van der Waals surface area (Å²) in [6.07, 6.45) is -9.34. The van der Waals surface area contributed by atoms with Crippen molar-refractivity contribution in [1.82, 2.24) is 10.6 Å². The lowest BCUT2D eigenvalue weighted by Crippen LogP contribution is -2.35. The Morgan fingerprint density at radius 2 is 1.31 bits per heavy atom. The van der Waals surface area contributed by atoms with E-state index in [-0.39, 0.29) is 18.8 Å². The molecule has 2 rings (SSSR count). The van der Waals surface area contributed by atoms with Crippen LogP contribution in [-0.4, -0.2) is 50.5 Å². The Bertz CT molecular complexity index is 917. The van der Waals surface area contributed by atoms with Gasteiger partial charge in [0.15, 0.2) is 13.2 Å². The first-order chi connectivity index (χ1) is 14.9. The van der Waals surface area contributed by atoms with E-state index in [0.29, 0.717) is 5.56 Å². The van der Waals surface area contributed by atoms with Gasteiger partial charge in [0.1, 0.15) is 11.5 Å². The van der Waals surface area contributed by atoms with Crippen molar-refractivity contribution in [3.05, 3.63) is 59.7 Å². The first-order valence-corrected chi connectivity index (χ1v) is 9.09. The van der Waals surface area contributed by atoms with Gasteiger partial charge in [0.25, 0.3) is 11.8 Å². The summed E-state index contributed by atoms with van der Waals surface area (Å²) in [5.41, 5.74) is -0.0699. The highest BCUT2D eigenvalue weighted by atomic mass is 19.4. The highest BCUT2D eigenvalue weighted by Crippen LogP contribution is 2.27. The summed E-state index contributed by atoms with van der Waals surface area (Å²) in [6, 6.07) is 10.9. The second-order valence-electron chi connectivity index (χ2n) is 6.34. The zero-order valence-corrected chi connectivity index (χ0v) is 16.3. The number of hydrogen-bond donors (Lipinski definition) is 2. The number of rotatable bonds is 9. The molecule has 0 atom stereocenters. The number of ether oxygens (including phenoxy) is 2. The van der Waals surface area contributed by atoms with Gasteiger partial charge in [-0.25, -0.2) is 0 Å². The summed E-state index contributed by atoms with van der Waals surface area (Å²) in [5.74, 6) is -2.21. The molecule has 0 heterocycles. The highest BCUT2D eigenvalue weighted by molar-refractivity contribution is 5.97. The topological polar surface area (TPSA) is 76.7 Å². The third-order valence-corrected chi connectivity index (χ3v) is 3.72. The summed E-state index contributed by atoms with van der Waals surface area (Å²) in [5, 5.41) is 4.88. The number of alkyl halides is 6. The Hall–Kier alpha value is -3.44.